The van der Waals surface area contributed by atoms with E-state index in [9.17, 15) is 0 Å². The molecule has 0 bridgehead atoms. The second kappa shape index (κ2) is 10.5. The Hall–Kier alpha value is -2.31. The number of furan rings is 1. The summed E-state index contributed by atoms with van der Waals surface area (Å²) in [5, 5.41) is 6.80. The van der Waals surface area contributed by atoms with E-state index in [1.807, 2.05) is 12.1 Å². The van der Waals surface area contributed by atoms with Gasteiger partial charge < -0.3 is 19.8 Å². The zero-order chi connectivity index (χ0) is 20.5. The van der Waals surface area contributed by atoms with Gasteiger partial charge in [0.25, 0.3) is 0 Å². The minimum atomic E-state index is -0.0946. The number of aliphatic imine (C=N–C) groups is 1. The van der Waals surface area contributed by atoms with Gasteiger partial charge in [0, 0.05) is 26.2 Å². The van der Waals surface area contributed by atoms with Crippen molar-refractivity contribution in [1.82, 2.24) is 15.5 Å². The number of ether oxygens (including phenoxy) is 1. The highest BCUT2D eigenvalue weighted by Gasteiger charge is 2.29. The summed E-state index contributed by atoms with van der Waals surface area (Å²) in [5.74, 6) is 1.81. The molecule has 1 fully saturated rings. The quantitative estimate of drug-likeness (QED) is 0.500. The third-order valence-corrected chi connectivity index (χ3v) is 5.25. The van der Waals surface area contributed by atoms with Crippen molar-refractivity contribution in [3.05, 3.63) is 59.5 Å². The van der Waals surface area contributed by atoms with Crippen LogP contribution in [0.25, 0.3) is 0 Å². The van der Waals surface area contributed by atoms with E-state index in [2.05, 4.69) is 60.7 Å². The molecule has 6 heteroatoms. The monoisotopic (exact) mass is 398 g/mol. The molecule has 158 valence electrons. The lowest BCUT2D eigenvalue weighted by Gasteiger charge is -2.24. The van der Waals surface area contributed by atoms with Crippen LogP contribution in [0.15, 0.2) is 52.1 Å². The van der Waals surface area contributed by atoms with Gasteiger partial charge in [0.15, 0.2) is 5.96 Å². The summed E-state index contributed by atoms with van der Waals surface area (Å²) in [6.45, 7) is 8.98. The lowest BCUT2D eigenvalue weighted by Crippen LogP contribution is -2.45. The first-order valence-electron chi connectivity index (χ1n) is 10.5. The van der Waals surface area contributed by atoms with Gasteiger partial charge in [-0.1, -0.05) is 24.3 Å². The summed E-state index contributed by atoms with van der Waals surface area (Å²) >= 11 is 0. The van der Waals surface area contributed by atoms with E-state index in [0.29, 0.717) is 6.54 Å². The second-order valence-electron chi connectivity index (χ2n) is 7.97. The van der Waals surface area contributed by atoms with Crippen molar-refractivity contribution in [2.75, 3.05) is 26.7 Å². The number of nitrogens with one attached hydrogen (secondary N) is 2. The Bertz CT molecular complexity index is 767. The second-order valence-corrected chi connectivity index (χ2v) is 7.97. The van der Waals surface area contributed by atoms with Crippen molar-refractivity contribution in [2.24, 2.45) is 4.99 Å². The number of hydrogen-bond acceptors (Lipinski definition) is 4. The molecule has 3 rings (SSSR count). The standard InChI is InChI=1S/C23H34N4O2/c1-4-24-22(26-18-23(2)12-8-14-29-23)25-15-19-9-5-6-10-20(19)16-27(3)17-21-11-7-13-28-21/h5-7,9-11,13H,4,8,12,14-18H2,1-3H3,(H2,24,25,26). The van der Waals surface area contributed by atoms with Crippen molar-refractivity contribution in [1.29, 1.82) is 0 Å². The Morgan fingerprint density at radius 3 is 2.66 bits per heavy atom. The zero-order valence-electron chi connectivity index (χ0n) is 17.9. The Morgan fingerprint density at radius 2 is 1.97 bits per heavy atom. The molecule has 1 aliphatic rings. The van der Waals surface area contributed by atoms with Gasteiger partial charge in [-0.15, -0.1) is 0 Å². The summed E-state index contributed by atoms with van der Waals surface area (Å²) in [5.41, 5.74) is 2.43. The predicted octanol–water partition coefficient (Wildman–Crippen LogP) is 3.54. The number of nitrogens with zero attached hydrogens (tertiary/aromatic N) is 2. The van der Waals surface area contributed by atoms with Gasteiger partial charge in [0.1, 0.15) is 5.76 Å². The minimum Gasteiger partial charge on any atom is -0.468 e. The molecule has 1 saturated heterocycles. The molecule has 1 unspecified atom stereocenters. The molecular formula is C23H34N4O2. The van der Waals surface area contributed by atoms with Crippen LogP contribution in [0.4, 0.5) is 0 Å². The van der Waals surface area contributed by atoms with Gasteiger partial charge in [-0.2, -0.15) is 0 Å². The maximum absolute atomic E-state index is 5.88. The van der Waals surface area contributed by atoms with E-state index in [-0.39, 0.29) is 5.60 Å². The van der Waals surface area contributed by atoms with Crippen LogP contribution in [0.1, 0.15) is 43.6 Å². The number of rotatable bonds is 9. The van der Waals surface area contributed by atoms with Crippen molar-refractivity contribution in [3.63, 3.8) is 0 Å². The molecule has 0 amide bonds. The number of hydrogen-bond donors (Lipinski definition) is 2. The topological polar surface area (TPSA) is 62.0 Å². The molecule has 2 heterocycles. The van der Waals surface area contributed by atoms with Crippen molar-refractivity contribution in [3.8, 4) is 0 Å². The SMILES string of the molecule is CCNC(=NCc1ccccc1CN(C)Cc1ccco1)NCC1(C)CCCO1. The summed E-state index contributed by atoms with van der Waals surface area (Å²) in [4.78, 5) is 7.07. The molecule has 1 atom stereocenters. The molecule has 6 nitrogen and oxygen atoms in total. The molecule has 1 aromatic heterocycles. The summed E-state index contributed by atoms with van der Waals surface area (Å²) in [6, 6.07) is 12.4. The van der Waals surface area contributed by atoms with Gasteiger partial charge in [-0.3, -0.25) is 4.90 Å². The smallest absolute Gasteiger partial charge is 0.191 e. The highest BCUT2D eigenvalue weighted by atomic mass is 16.5. The predicted molar refractivity (Wildman–Crippen MR) is 117 cm³/mol. The third kappa shape index (κ3) is 6.61. The molecule has 1 aliphatic heterocycles. The van der Waals surface area contributed by atoms with Crippen LogP contribution < -0.4 is 10.6 Å². The molecule has 2 aromatic rings. The van der Waals surface area contributed by atoms with Crippen molar-refractivity contribution in [2.45, 2.75) is 51.9 Å². The molecule has 0 aliphatic carbocycles. The van der Waals surface area contributed by atoms with Gasteiger partial charge in [-0.25, -0.2) is 4.99 Å². The number of benzene rings is 1. The first-order chi connectivity index (χ1) is 14.1. The molecule has 2 N–H and O–H groups in total. The van der Waals surface area contributed by atoms with Crippen molar-refractivity contribution >= 4 is 5.96 Å². The van der Waals surface area contributed by atoms with Crippen LogP contribution in [0.3, 0.4) is 0 Å². The first-order valence-corrected chi connectivity index (χ1v) is 10.5. The third-order valence-electron chi connectivity index (χ3n) is 5.25. The Labute approximate surface area is 174 Å². The van der Waals surface area contributed by atoms with Crippen LogP contribution in [0.5, 0.6) is 0 Å². The minimum absolute atomic E-state index is 0.0946. The van der Waals surface area contributed by atoms with Gasteiger partial charge in [-0.05, 0) is 57.0 Å². The van der Waals surface area contributed by atoms with Crippen LogP contribution in [-0.2, 0) is 24.4 Å². The first kappa shape index (κ1) is 21.4. The van der Waals surface area contributed by atoms with Crippen LogP contribution in [0.2, 0.25) is 0 Å². The van der Waals surface area contributed by atoms with E-state index >= 15 is 0 Å². The lowest BCUT2D eigenvalue weighted by molar-refractivity contribution is 0.0243. The molecule has 0 saturated carbocycles. The zero-order valence-corrected chi connectivity index (χ0v) is 17.9. The highest BCUT2D eigenvalue weighted by molar-refractivity contribution is 5.79. The Balaban J connectivity index is 1.61. The van der Waals surface area contributed by atoms with E-state index in [1.165, 1.54) is 11.1 Å². The van der Waals surface area contributed by atoms with Gasteiger partial charge in [0.05, 0.1) is 25.0 Å². The Kier molecular flexibility index (Phi) is 7.72. The van der Waals surface area contributed by atoms with Gasteiger partial charge in [0.2, 0.25) is 0 Å². The molecule has 0 radical (unpaired) electrons. The van der Waals surface area contributed by atoms with Crippen molar-refractivity contribution < 1.29 is 9.15 Å². The molecule has 0 spiro atoms. The largest absolute Gasteiger partial charge is 0.468 e. The van der Waals surface area contributed by atoms with E-state index in [4.69, 9.17) is 14.1 Å². The van der Waals surface area contributed by atoms with Gasteiger partial charge >= 0.3 is 0 Å². The average Bonchev–Trinajstić information content (AvgIpc) is 3.37. The summed E-state index contributed by atoms with van der Waals surface area (Å²) in [7, 11) is 2.11. The number of guanidine groups is 1. The molecular weight excluding hydrogens is 364 g/mol. The van der Waals surface area contributed by atoms with E-state index in [1.54, 1.807) is 6.26 Å². The Morgan fingerprint density at radius 1 is 1.14 bits per heavy atom. The fourth-order valence-electron chi connectivity index (χ4n) is 3.63. The highest BCUT2D eigenvalue weighted by Crippen LogP contribution is 2.23. The van der Waals surface area contributed by atoms with Crippen LogP contribution in [0, 0.1) is 0 Å². The average molecular weight is 399 g/mol. The fourth-order valence-corrected chi connectivity index (χ4v) is 3.63. The summed E-state index contributed by atoms with van der Waals surface area (Å²) in [6.07, 6.45) is 3.94. The van der Waals surface area contributed by atoms with E-state index in [0.717, 1.165) is 57.3 Å². The normalized spacial score (nSPS) is 19.7. The summed E-state index contributed by atoms with van der Waals surface area (Å²) < 4.78 is 11.3. The van der Waals surface area contributed by atoms with Crippen LogP contribution in [-0.4, -0.2) is 43.2 Å². The van der Waals surface area contributed by atoms with E-state index < -0.39 is 0 Å². The fraction of sp³-hybridized carbons (Fsp3) is 0.522. The maximum Gasteiger partial charge on any atom is 0.191 e. The maximum atomic E-state index is 5.88. The van der Waals surface area contributed by atoms with Crippen LogP contribution >= 0.6 is 0 Å². The molecule has 29 heavy (non-hydrogen) atoms. The lowest BCUT2D eigenvalue weighted by atomic mass is 10.0. The molecule has 1 aromatic carbocycles.